The summed E-state index contributed by atoms with van der Waals surface area (Å²) in [6.45, 7) is 3.12. The van der Waals surface area contributed by atoms with Gasteiger partial charge in [-0.25, -0.2) is 0 Å². The number of benzene rings is 1. The van der Waals surface area contributed by atoms with E-state index in [2.05, 4.69) is 15.2 Å². The smallest absolute Gasteiger partial charge is 0.269 e. The average Bonchev–Trinajstić information content (AvgIpc) is 3.00. The van der Waals surface area contributed by atoms with Gasteiger partial charge in [-0.05, 0) is 43.5 Å². The van der Waals surface area contributed by atoms with Crippen LogP contribution in [0.4, 0.5) is 15.2 Å². The van der Waals surface area contributed by atoms with Gasteiger partial charge in [0.05, 0.1) is 24.2 Å². The number of halogens is 1. The molecule has 1 aromatic carbocycles. The standard InChI is InChI=1S/C20H22FN3O4S/c1-26-20-10-19(11-20,12-20)17(25)23-18-22-15(21)16(29-18)28-14-4-2-13(3-5-14)24-6-8-27-9-7-24/h2-5H,6-12H2,1H3,(H,22,23,25). The molecule has 2 heterocycles. The first-order valence-corrected chi connectivity index (χ1v) is 10.5. The Labute approximate surface area is 171 Å². The van der Waals surface area contributed by atoms with Crippen molar-refractivity contribution in [2.45, 2.75) is 24.9 Å². The Morgan fingerprint density at radius 1 is 1.24 bits per heavy atom. The molecular formula is C20H22FN3O4S. The van der Waals surface area contributed by atoms with Crippen molar-refractivity contribution in [3.05, 3.63) is 30.2 Å². The van der Waals surface area contributed by atoms with Crippen molar-refractivity contribution in [3.8, 4) is 10.8 Å². The van der Waals surface area contributed by atoms with Crippen LogP contribution in [0.25, 0.3) is 0 Å². The van der Waals surface area contributed by atoms with E-state index in [1.54, 1.807) is 19.2 Å². The molecular weight excluding hydrogens is 397 g/mol. The number of amides is 1. The highest BCUT2D eigenvalue weighted by atomic mass is 32.1. The van der Waals surface area contributed by atoms with Crippen molar-refractivity contribution >= 4 is 28.1 Å². The lowest BCUT2D eigenvalue weighted by Gasteiger charge is -2.67. The largest absolute Gasteiger partial charge is 0.442 e. The van der Waals surface area contributed by atoms with Crippen LogP contribution < -0.4 is 15.0 Å². The highest BCUT2D eigenvalue weighted by Gasteiger charge is 2.72. The number of rotatable bonds is 6. The topological polar surface area (TPSA) is 72.9 Å². The average molecular weight is 419 g/mol. The molecule has 0 radical (unpaired) electrons. The SMILES string of the molecule is COC12CC(C(=O)Nc3nc(F)c(Oc4ccc(N5CCOCC5)cc4)s3)(C1)C2. The zero-order valence-electron chi connectivity index (χ0n) is 16.1. The minimum absolute atomic E-state index is 0.0328. The fraction of sp³-hybridized carbons (Fsp3) is 0.500. The summed E-state index contributed by atoms with van der Waals surface area (Å²) in [5.74, 6) is -0.330. The maximum Gasteiger partial charge on any atom is 0.269 e. The van der Waals surface area contributed by atoms with Gasteiger partial charge in [-0.3, -0.25) is 4.79 Å². The summed E-state index contributed by atoms with van der Waals surface area (Å²) in [6, 6.07) is 7.48. The predicted octanol–water partition coefficient (Wildman–Crippen LogP) is 3.42. The van der Waals surface area contributed by atoms with Crippen molar-refractivity contribution < 1.29 is 23.4 Å². The summed E-state index contributed by atoms with van der Waals surface area (Å²) >= 11 is 0.989. The predicted molar refractivity (Wildman–Crippen MR) is 106 cm³/mol. The molecule has 3 aliphatic carbocycles. The molecule has 0 spiro atoms. The monoisotopic (exact) mass is 419 g/mol. The Hall–Kier alpha value is -2.23. The molecule has 4 aliphatic rings. The second-order valence-corrected chi connectivity index (χ2v) is 8.91. The van der Waals surface area contributed by atoms with E-state index in [9.17, 15) is 9.18 Å². The van der Waals surface area contributed by atoms with Crippen LogP contribution in [0.2, 0.25) is 0 Å². The van der Waals surface area contributed by atoms with Gasteiger partial charge in [0, 0.05) is 25.9 Å². The number of nitrogens with one attached hydrogen (secondary N) is 1. The van der Waals surface area contributed by atoms with Crippen LogP contribution >= 0.6 is 11.3 Å². The number of morpholine rings is 1. The molecule has 9 heteroatoms. The summed E-state index contributed by atoms with van der Waals surface area (Å²) in [5, 5.41) is 2.98. The fourth-order valence-corrected chi connectivity index (χ4v) is 5.15. The summed E-state index contributed by atoms with van der Waals surface area (Å²) in [5.41, 5.74) is 0.576. The van der Waals surface area contributed by atoms with Gasteiger partial charge >= 0.3 is 0 Å². The first-order chi connectivity index (χ1) is 14.0. The maximum absolute atomic E-state index is 14.2. The molecule has 1 aromatic heterocycles. The van der Waals surface area contributed by atoms with Crippen molar-refractivity contribution in [1.82, 2.24) is 4.98 Å². The van der Waals surface area contributed by atoms with E-state index in [-0.39, 0.29) is 27.1 Å². The molecule has 1 N–H and O–H groups in total. The lowest BCUT2D eigenvalue weighted by molar-refractivity contribution is -0.260. The first-order valence-electron chi connectivity index (χ1n) is 9.65. The van der Waals surface area contributed by atoms with Gasteiger partial charge in [0.25, 0.3) is 5.95 Å². The molecule has 0 atom stereocenters. The molecule has 1 saturated heterocycles. The molecule has 3 saturated carbocycles. The molecule has 2 aromatic rings. The number of hydrogen-bond acceptors (Lipinski definition) is 7. The quantitative estimate of drug-likeness (QED) is 0.774. The molecule has 4 fully saturated rings. The van der Waals surface area contributed by atoms with Crippen molar-refractivity contribution in [3.63, 3.8) is 0 Å². The van der Waals surface area contributed by atoms with E-state index in [0.29, 0.717) is 19.0 Å². The van der Waals surface area contributed by atoms with Crippen LogP contribution in [0.1, 0.15) is 19.3 Å². The number of thiazole rings is 1. The van der Waals surface area contributed by atoms with Crippen LogP contribution in [-0.2, 0) is 14.3 Å². The number of carbonyl (C=O) groups is 1. The molecule has 2 bridgehead atoms. The van der Waals surface area contributed by atoms with E-state index in [1.165, 1.54) is 0 Å². The van der Waals surface area contributed by atoms with E-state index in [1.807, 2.05) is 12.1 Å². The summed E-state index contributed by atoms with van der Waals surface area (Å²) < 4.78 is 30.6. The van der Waals surface area contributed by atoms with Crippen molar-refractivity contribution in [2.24, 2.45) is 5.41 Å². The van der Waals surface area contributed by atoms with Gasteiger partial charge < -0.3 is 24.4 Å². The van der Waals surface area contributed by atoms with E-state index >= 15 is 0 Å². The van der Waals surface area contributed by atoms with Crippen LogP contribution in [0, 0.1) is 11.4 Å². The molecule has 7 nitrogen and oxygen atoms in total. The second-order valence-electron chi connectivity index (χ2n) is 7.94. The molecule has 6 rings (SSSR count). The number of anilines is 2. The number of methoxy groups -OCH3 is 1. The van der Waals surface area contributed by atoms with Gasteiger partial charge in [0.15, 0.2) is 5.13 Å². The third-order valence-corrected chi connectivity index (χ3v) is 6.92. The lowest BCUT2D eigenvalue weighted by Crippen LogP contribution is -2.72. The summed E-state index contributed by atoms with van der Waals surface area (Å²) in [6.07, 6.45) is 2.15. The van der Waals surface area contributed by atoms with Crippen molar-refractivity contribution in [2.75, 3.05) is 43.6 Å². The Bertz CT molecular complexity index is 907. The third-order valence-electron chi connectivity index (χ3n) is 6.10. The Kier molecular flexibility index (Phi) is 4.49. The van der Waals surface area contributed by atoms with Crippen LogP contribution in [0.5, 0.6) is 10.8 Å². The molecule has 154 valence electrons. The highest BCUT2D eigenvalue weighted by Crippen LogP contribution is 2.69. The van der Waals surface area contributed by atoms with Crippen molar-refractivity contribution in [1.29, 1.82) is 0 Å². The third kappa shape index (κ3) is 3.27. The Morgan fingerprint density at radius 3 is 2.59 bits per heavy atom. The van der Waals surface area contributed by atoms with Gasteiger partial charge in [-0.1, -0.05) is 11.3 Å². The normalized spacial score (nSPS) is 27.7. The van der Waals surface area contributed by atoms with Crippen LogP contribution in [0.15, 0.2) is 24.3 Å². The fourth-order valence-electron chi connectivity index (χ4n) is 4.44. The lowest BCUT2D eigenvalue weighted by atomic mass is 9.41. The zero-order valence-corrected chi connectivity index (χ0v) is 16.9. The maximum atomic E-state index is 14.2. The second kappa shape index (κ2) is 6.93. The minimum Gasteiger partial charge on any atom is -0.442 e. The van der Waals surface area contributed by atoms with Crippen LogP contribution in [0.3, 0.4) is 0 Å². The molecule has 29 heavy (non-hydrogen) atoms. The molecule has 1 amide bonds. The zero-order chi connectivity index (χ0) is 20.1. The van der Waals surface area contributed by atoms with Gasteiger partial charge in [0.2, 0.25) is 11.0 Å². The highest BCUT2D eigenvalue weighted by molar-refractivity contribution is 7.17. The number of nitrogens with zero attached hydrogens (tertiary/aromatic N) is 2. The van der Waals surface area contributed by atoms with E-state index in [0.717, 1.165) is 49.4 Å². The van der Waals surface area contributed by atoms with Gasteiger partial charge in [0.1, 0.15) is 5.75 Å². The Morgan fingerprint density at radius 2 is 1.93 bits per heavy atom. The molecule has 1 aliphatic heterocycles. The number of ether oxygens (including phenoxy) is 3. The number of hydrogen-bond donors (Lipinski definition) is 1. The number of aromatic nitrogens is 1. The first kappa shape index (κ1) is 18.8. The molecule has 0 unspecified atom stereocenters. The number of carbonyl (C=O) groups excluding carboxylic acids is 1. The summed E-state index contributed by atoms with van der Waals surface area (Å²) in [7, 11) is 1.67. The van der Waals surface area contributed by atoms with E-state index < -0.39 is 5.95 Å². The van der Waals surface area contributed by atoms with E-state index in [4.69, 9.17) is 14.2 Å². The summed E-state index contributed by atoms with van der Waals surface area (Å²) in [4.78, 5) is 18.5. The minimum atomic E-state index is -0.728. The van der Waals surface area contributed by atoms with Gasteiger partial charge in [-0.2, -0.15) is 9.37 Å². The van der Waals surface area contributed by atoms with Gasteiger partial charge in [-0.15, -0.1) is 0 Å². The Balaban J connectivity index is 1.21. The van der Waals surface area contributed by atoms with Crippen LogP contribution in [-0.4, -0.2) is 49.9 Å².